The molecular formula is C26H28F4N2O2. The number of nitrogens with one attached hydrogen (secondary N) is 1. The first-order valence-electron chi connectivity index (χ1n) is 11.4. The standard InChI is InChI=1S/C26H28F4N2O2/c1-18(20-5-4-6-21(17-20)26(28,29)30)34-25-24(19-8-10-22(27)11-9-19)32(15-16-33-25)14-3-2-7-23-12-13-31-23/h4-6,8-11,17-18,23-25,31H,7,12-16H2,1H3/t18-,23?,24+,25-/m1/s1. The maximum Gasteiger partial charge on any atom is 0.416 e. The first kappa shape index (κ1) is 24.7. The van der Waals surface area contributed by atoms with Crippen LogP contribution in [0.25, 0.3) is 0 Å². The minimum absolute atomic E-state index is 0.352. The number of benzene rings is 2. The molecule has 0 bridgehead atoms. The van der Waals surface area contributed by atoms with Gasteiger partial charge in [0.2, 0.25) is 0 Å². The Morgan fingerprint density at radius 2 is 1.94 bits per heavy atom. The Labute approximate surface area is 197 Å². The van der Waals surface area contributed by atoms with Gasteiger partial charge in [0, 0.05) is 19.0 Å². The highest BCUT2D eigenvalue weighted by Gasteiger charge is 2.36. The minimum atomic E-state index is -4.43. The van der Waals surface area contributed by atoms with Crippen LogP contribution in [0.5, 0.6) is 0 Å². The van der Waals surface area contributed by atoms with Crippen LogP contribution in [0.4, 0.5) is 17.6 Å². The number of nitrogens with zero attached hydrogens (tertiary/aromatic N) is 1. The molecule has 4 rings (SSSR count). The number of alkyl halides is 3. The van der Waals surface area contributed by atoms with Crippen molar-refractivity contribution in [1.29, 1.82) is 0 Å². The summed E-state index contributed by atoms with van der Waals surface area (Å²) in [5.41, 5.74) is 0.476. The van der Waals surface area contributed by atoms with Gasteiger partial charge >= 0.3 is 6.18 Å². The fourth-order valence-electron chi connectivity index (χ4n) is 4.13. The molecule has 1 unspecified atom stereocenters. The van der Waals surface area contributed by atoms with Crippen molar-refractivity contribution in [2.24, 2.45) is 0 Å². The number of halogens is 4. The van der Waals surface area contributed by atoms with E-state index in [4.69, 9.17) is 9.47 Å². The van der Waals surface area contributed by atoms with Gasteiger partial charge in [0.1, 0.15) is 5.82 Å². The predicted molar refractivity (Wildman–Crippen MR) is 120 cm³/mol. The van der Waals surface area contributed by atoms with Gasteiger partial charge in [-0.1, -0.05) is 30.2 Å². The molecule has 2 heterocycles. The van der Waals surface area contributed by atoms with Gasteiger partial charge < -0.3 is 14.8 Å². The summed E-state index contributed by atoms with van der Waals surface area (Å²) < 4.78 is 65.2. The van der Waals surface area contributed by atoms with E-state index in [9.17, 15) is 17.6 Å². The Morgan fingerprint density at radius 1 is 1.18 bits per heavy atom. The third kappa shape index (κ3) is 6.16. The summed E-state index contributed by atoms with van der Waals surface area (Å²) in [7, 11) is 0. The molecule has 2 fully saturated rings. The van der Waals surface area contributed by atoms with Gasteiger partial charge in [-0.25, -0.2) is 4.39 Å². The average Bonchev–Trinajstić information content (AvgIpc) is 2.78. The van der Waals surface area contributed by atoms with Crippen molar-refractivity contribution in [3.05, 3.63) is 71.0 Å². The van der Waals surface area contributed by atoms with Crippen molar-refractivity contribution in [2.45, 2.75) is 50.4 Å². The van der Waals surface area contributed by atoms with E-state index < -0.39 is 24.1 Å². The molecule has 2 saturated heterocycles. The van der Waals surface area contributed by atoms with Gasteiger partial charge in [0.15, 0.2) is 6.29 Å². The summed E-state index contributed by atoms with van der Waals surface area (Å²) in [5.74, 6) is 6.08. The van der Waals surface area contributed by atoms with Gasteiger partial charge in [0.05, 0.1) is 30.9 Å². The lowest BCUT2D eigenvalue weighted by atomic mass is 10.0. The van der Waals surface area contributed by atoms with Crippen LogP contribution in [0.2, 0.25) is 0 Å². The molecule has 0 aromatic heterocycles. The number of ether oxygens (including phenoxy) is 2. The molecule has 0 spiro atoms. The fraction of sp³-hybridized carbons (Fsp3) is 0.462. The molecule has 182 valence electrons. The zero-order valence-corrected chi connectivity index (χ0v) is 18.9. The third-order valence-corrected chi connectivity index (χ3v) is 6.23. The van der Waals surface area contributed by atoms with Crippen molar-refractivity contribution in [3.8, 4) is 11.8 Å². The Kier molecular flexibility index (Phi) is 7.89. The quantitative estimate of drug-likeness (QED) is 0.466. The van der Waals surface area contributed by atoms with E-state index in [0.717, 1.165) is 37.1 Å². The second-order valence-corrected chi connectivity index (χ2v) is 8.60. The molecule has 1 N–H and O–H groups in total. The topological polar surface area (TPSA) is 33.7 Å². The molecule has 0 aliphatic carbocycles. The molecule has 4 atom stereocenters. The van der Waals surface area contributed by atoms with Crippen molar-refractivity contribution < 1.29 is 27.0 Å². The van der Waals surface area contributed by atoms with E-state index in [1.54, 1.807) is 25.1 Å². The lowest BCUT2D eigenvalue weighted by Crippen LogP contribution is -2.47. The highest BCUT2D eigenvalue weighted by atomic mass is 19.4. The lowest BCUT2D eigenvalue weighted by Gasteiger charge is -2.41. The molecule has 0 amide bonds. The van der Waals surface area contributed by atoms with E-state index >= 15 is 0 Å². The van der Waals surface area contributed by atoms with Crippen molar-refractivity contribution in [1.82, 2.24) is 10.2 Å². The van der Waals surface area contributed by atoms with Crippen LogP contribution in [-0.2, 0) is 15.7 Å². The molecule has 2 aliphatic heterocycles. The number of hydrogen-bond acceptors (Lipinski definition) is 4. The van der Waals surface area contributed by atoms with E-state index in [0.29, 0.717) is 31.3 Å². The SMILES string of the molecule is C[C@@H](O[C@H]1OCCN(CC#CCC2CCN2)[C@H]1c1ccc(F)cc1)c1cccc(C(F)(F)F)c1. The van der Waals surface area contributed by atoms with E-state index in [-0.39, 0.29) is 11.9 Å². The van der Waals surface area contributed by atoms with Crippen LogP contribution >= 0.6 is 0 Å². The van der Waals surface area contributed by atoms with Gasteiger partial charge in [-0.15, -0.1) is 5.92 Å². The Balaban J connectivity index is 1.52. The maximum absolute atomic E-state index is 13.6. The van der Waals surface area contributed by atoms with Crippen molar-refractivity contribution in [2.75, 3.05) is 26.2 Å². The Hall–Kier alpha value is -2.44. The summed E-state index contributed by atoms with van der Waals surface area (Å²) >= 11 is 0. The van der Waals surface area contributed by atoms with E-state index in [1.165, 1.54) is 18.2 Å². The third-order valence-electron chi connectivity index (χ3n) is 6.23. The van der Waals surface area contributed by atoms with Crippen LogP contribution in [0.1, 0.15) is 48.6 Å². The fourth-order valence-corrected chi connectivity index (χ4v) is 4.13. The summed E-state index contributed by atoms with van der Waals surface area (Å²) in [4.78, 5) is 2.11. The normalized spacial score (nSPS) is 24.1. The second kappa shape index (κ2) is 10.9. The first-order valence-corrected chi connectivity index (χ1v) is 11.4. The second-order valence-electron chi connectivity index (χ2n) is 8.60. The Bertz CT molecular complexity index is 1010. The smallest absolute Gasteiger partial charge is 0.349 e. The van der Waals surface area contributed by atoms with Crippen LogP contribution in [0.15, 0.2) is 48.5 Å². The van der Waals surface area contributed by atoms with Gasteiger partial charge in [0.25, 0.3) is 0 Å². The predicted octanol–water partition coefficient (Wildman–Crippen LogP) is 5.08. The Morgan fingerprint density at radius 3 is 2.62 bits per heavy atom. The van der Waals surface area contributed by atoms with E-state index in [2.05, 4.69) is 22.1 Å². The number of morpholine rings is 1. The summed E-state index contributed by atoms with van der Waals surface area (Å²) in [6, 6.07) is 11.3. The largest absolute Gasteiger partial charge is 0.416 e. The summed E-state index contributed by atoms with van der Waals surface area (Å²) in [6.45, 7) is 4.21. The number of rotatable bonds is 6. The average molecular weight is 477 g/mol. The molecule has 2 aromatic carbocycles. The minimum Gasteiger partial charge on any atom is -0.349 e. The molecular weight excluding hydrogens is 448 g/mol. The van der Waals surface area contributed by atoms with Crippen molar-refractivity contribution in [3.63, 3.8) is 0 Å². The van der Waals surface area contributed by atoms with Crippen LogP contribution in [-0.4, -0.2) is 43.5 Å². The van der Waals surface area contributed by atoms with Gasteiger partial charge in [-0.05, 0) is 55.3 Å². The molecule has 34 heavy (non-hydrogen) atoms. The van der Waals surface area contributed by atoms with Crippen molar-refractivity contribution >= 4 is 0 Å². The maximum atomic E-state index is 13.6. The zero-order chi connectivity index (χ0) is 24.1. The van der Waals surface area contributed by atoms with Crippen LogP contribution < -0.4 is 5.32 Å². The molecule has 2 aliphatic rings. The number of hydrogen-bond donors (Lipinski definition) is 1. The van der Waals surface area contributed by atoms with Crippen LogP contribution in [0.3, 0.4) is 0 Å². The first-order chi connectivity index (χ1) is 16.3. The molecule has 2 aromatic rings. The summed E-state index contributed by atoms with van der Waals surface area (Å²) in [5, 5.41) is 3.32. The highest BCUT2D eigenvalue weighted by Crippen LogP contribution is 2.35. The monoisotopic (exact) mass is 476 g/mol. The molecule has 4 nitrogen and oxygen atoms in total. The van der Waals surface area contributed by atoms with Gasteiger partial charge in [-0.2, -0.15) is 13.2 Å². The molecule has 0 saturated carbocycles. The van der Waals surface area contributed by atoms with Crippen LogP contribution in [0, 0.1) is 17.7 Å². The molecule has 8 heteroatoms. The highest BCUT2D eigenvalue weighted by molar-refractivity contribution is 5.27. The van der Waals surface area contributed by atoms with Gasteiger partial charge in [-0.3, -0.25) is 4.90 Å². The zero-order valence-electron chi connectivity index (χ0n) is 18.9. The summed E-state index contributed by atoms with van der Waals surface area (Å²) in [6.07, 6.45) is -3.91. The van der Waals surface area contributed by atoms with E-state index in [1.807, 2.05) is 0 Å². The molecule has 0 radical (unpaired) electrons. The lowest BCUT2D eigenvalue weighted by molar-refractivity contribution is -0.228.